The van der Waals surface area contributed by atoms with Gasteiger partial charge in [0.1, 0.15) is 0 Å². The van der Waals surface area contributed by atoms with Gasteiger partial charge in [-0.2, -0.15) is 0 Å². The molecule has 0 aromatic rings. The fourth-order valence-electron chi connectivity index (χ4n) is 1.62. The summed E-state index contributed by atoms with van der Waals surface area (Å²) >= 11 is 0. The summed E-state index contributed by atoms with van der Waals surface area (Å²) in [6.07, 6.45) is 0.690. The molecule has 1 N–H and O–H groups in total. The smallest absolute Gasteiger partial charge is 0.328 e. The van der Waals surface area contributed by atoms with Gasteiger partial charge in [0.2, 0.25) is 0 Å². The molecule has 0 spiro atoms. The topological polar surface area (TPSA) is 70.0 Å². The van der Waals surface area contributed by atoms with Gasteiger partial charge in [0, 0.05) is 6.54 Å². The molecule has 0 radical (unpaired) electrons. The van der Waals surface area contributed by atoms with Crippen molar-refractivity contribution in [3.05, 3.63) is 4.91 Å². The average molecular weight is 172 g/mol. The van der Waals surface area contributed by atoms with Gasteiger partial charge < -0.3 is 5.11 Å². The molecule has 1 heterocycles. The Bertz CT molecular complexity index is 215. The minimum absolute atomic E-state index is 0.361. The summed E-state index contributed by atoms with van der Waals surface area (Å²) in [5, 5.41) is 12.6. The lowest BCUT2D eigenvalue weighted by molar-refractivity contribution is -0.145. The fourth-order valence-corrected chi connectivity index (χ4v) is 1.62. The molecule has 1 aliphatic heterocycles. The van der Waals surface area contributed by atoms with Gasteiger partial charge in [0.05, 0.1) is 5.29 Å². The summed E-state index contributed by atoms with van der Waals surface area (Å²) in [7, 11) is 0. The Labute approximate surface area is 70.3 Å². The van der Waals surface area contributed by atoms with Crippen molar-refractivity contribution in [2.75, 3.05) is 6.54 Å². The van der Waals surface area contributed by atoms with E-state index in [1.54, 1.807) is 0 Å². The van der Waals surface area contributed by atoms with Gasteiger partial charge in [0.25, 0.3) is 0 Å². The largest absolute Gasteiger partial charge is 0.480 e. The summed E-state index contributed by atoms with van der Waals surface area (Å²) < 4.78 is 0. The zero-order chi connectivity index (χ0) is 9.35. The van der Waals surface area contributed by atoms with Crippen LogP contribution < -0.4 is 0 Å². The van der Waals surface area contributed by atoms with Crippen LogP contribution in [0, 0.1) is 10.3 Å². The molecule has 1 aliphatic rings. The van der Waals surface area contributed by atoms with Crippen LogP contribution in [0.15, 0.2) is 5.29 Å². The third-order valence-electron chi connectivity index (χ3n) is 2.36. The van der Waals surface area contributed by atoms with E-state index in [0.717, 1.165) is 5.01 Å². The quantitative estimate of drug-likeness (QED) is 0.627. The molecular weight excluding hydrogens is 160 g/mol. The van der Waals surface area contributed by atoms with Gasteiger partial charge in [0.15, 0.2) is 6.04 Å². The minimum Gasteiger partial charge on any atom is -0.480 e. The van der Waals surface area contributed by atoms with Crippen LogP contribution in [0.25, 0.3) is 0 Å². The Morgan fingerprint density at radius 1 is 1.67 bits per heavy atom. The first kappa shape index (κ1) is 8.96. The number of nitroso groups, excluding NO2 is 1. The van der Waals surface area contributed by atoms with Gasteiger partial charge in [-0.1, -0.05) is 13.8 Å². The van der Waals surface area contributed by atoms with Crippen LogP contribution in [0.5, 0.6) is 0 Å². The highest BCUT2D eigenvalue weighted by molar-refractivity contribution is 5.75. The predicted octanol–water partition coefficient (Wildman–Crippen LogP) is 0.853. The van der Waals surface area contributed by atoms with E-state index in [0.29, 0.717) is 13.0 Å². The van der Waals surface area contributed by atoms with E-state index in [4.69, 9.17) is 5.11 Å². The van der Waals surface area contributed by atoms with Crippen molar-refractivity contribution in [1.29, 1.82) is 0 Å². The van der Waals surface area contributed by atoms with E-state index in [2.05, 4.69) is 5.29 Å². The maximum Gasteiger partial charge on any atom is 0.328 e. The Balaban J connectivity index is 2.87. The van der Waals surface area contributed by atoms with Crippen LogP contribution in [0.3, 0.4) is 0 Å². The van der Waals surface area contributed by atoms with Crippen molar-refractivity contribution in [3.63, 3.8) is 0 Å². The Hall–Kier alpha value is -1.13. The third kappa shape index (κ3) is 1.26. The molecule has 1 unspecified atom stereocenters. The van der Waals surface area contributed by atoms with Crippen LogP contribution >= 0.6 is 0 Å². The highest BCUT2D eigenvalue weighted by atomic mass is 16.4. The van der Waals surface area contributed by atoms with Gasteiger partial charge in [-0.15, -0.1) is 4.91 Å². The van der Waals surface area contributed by atoms with Crippen molar-refractivity contribution < 1.29 is 9.90 Å². The molecule has 0 amide bonds. The second-order valence-corrected chi connectivity index (χ2v) is 3.72. The zero-order valence-corrected chi connectivity index (χ0v) is 7.15. The van der Waals surface area contributed by atoms with Crippen molar-refractivity contribution in [1.82, 2.24) is 5.01 Å². The van der Waals surface area contributed by atoms with Crippen LogP contribution in [0.4, 0.5) is 0 Å². The van der Waals surface area contributed by atoms with Crippen LogP contribution in [-0.2, 0) is 4.79 Å². The summed E-state index contributed by atoms with van der Waals surface area (Å²) in [5.74, 6) is -0.975. The lowest BCUT2D eigenvalue weighted by Crippen LogP contribution is -2.40. The number of carbonyl (C=O) groups is 1. The third-order valence-corrected chi connectivity index (χ3v) is 2.36. The number of aliphatic carboxylic acids is 1. The molecule has 5 nitrogen and oxygen atoms in total. The first-order valence-electron chi connectivity index (χ1n) is 3.82. The lowest BCUT2D eigenvalue weighted by Gasteiger charge is -2.24. The molecule has 0 aromatic carbocycles. The zero-order valence-electron chi connectivity index (χ0n) is 7.15. The Morgan fingerprint density at radius 2 is 2.25 bits per heavy atom. The van der Waals surface area contributed by atoms with Crippen LogP contribution in [0.2, 0.25) is 0 Å². The normalized spacial score (nSPS) is 27.2. The summed E-state index contributed by atoms with van der Waals surface area (Å²) in [6, 6.07) is -0.769. The first-order chi connectivity index (χ1) is 5.49. The highest BCUT2D eigenvalue weighted by Crippen LogP contribution is 2.36. The van der Waals surface area contributed by atoms with E-state index in [-0.39, 0.29) is 5.41 Å². The average Bonchev–Trinajstić information content (AvgIpc) is 2.24. The predicted molar refractivity (Wildman–Crippen MR) is 42.3 cm³/mol. The molecule has 0 saturated carbocycles. The fraction of sp³-hybridized carbons (Fsp3) is 0.857. The van der Waals surface area contributed by atoms with E-state index in [9.17, 15) is 9.70 Å². The molecule has 0 aliphatic carbocycles. The second-order valence-electron chi connectivity index (χ2n) is 3.72. The molecule has 1 atom stereocenters. The van der Waals surface area contributed by atoms with E-state index in [1.165, 1.54) is 0 Å². The maximum atomic E-state index is 10.7. The van der Waals surface area contributed by atoms with E-state index in [1.807, 2.05) is 13.8 Å². The molecule has 5 heteroatoms. The van der Waals surface area contributed by atoms with Crippen molar-refractivity contribution in [2.24, 2.45) is 10.7 Å². The number of rotatable bonds is 2. The number of nitrogens with zero attached hydrogens (tertiary/aromatic N) is 2. The van der Waals surface area contributed by atoms with Crippen molar-refractivity contribution in [3.8, 4) is 0 Å². The molecule has 0 bridgehead atoms. The van der Waals surface area contributed by atoms with Gasteiger partial charge in [-0.05, 0) is 11.8 Å². The SMILES string of the molecule is CC1(C)CCN(N=O)C1C(=O)O. The first-order valence-corrected chi connectivity index (χ1v) is 3.82. The van der Waals surface area contributed by atoms with E-state index >= 15 is 0 Å². The van der Waals surface area contributed by atoms with Crippen molar-refractivity contribution in [2.45, 2.75) is 26.3 Å². The molecule has 0 aromatic heterocycles. The van der Waals surface area contributed by atoms with Gasteiger partial charge >= 0.3 is 5.97 Å². The molecule has 68 valence electrons. The second kappa shape index (κ2) is 2.73. The number of hydrogen-bond acceptors (Lipinski definition) is 3. The lowest BCUT2D eigenvalue weighted by atomic mass is 9.85. The minimum atomic E-state index is -0.975. The monoisotopic (exact) mass is 172 g/mol. The number of carboxylic acids is 1. The van der Waals surface area contributed by atoms with Crippen molar-refractivity contribution >= 4 is 5.97 Å². The Kier molecular flexibility index (Phi) is 2.04. The summed E-state index contributed by atoms with van der Waals surface area (Å²) in [6.45, 7) is 4.10. The molecule has 12 heavy (non-hydrogen) atoms. The number of carboxylic acid groups (broad SMARTS) is 1. The molecular formula is C7H12N2O3. The van der Waals surface area contributed by atoms with Gasteiger partial charge in [-0.3, -0.25) is 0 Å². The summed E-state index contributed by atoms with van der Waals surface area (Å²) in [5.41, 5.74) is -0.361. The van der Waals surface area contributed by atoms with Gasteiger partial charge in [-0.25, -0.2) is 9.80 Å². The molecule has 1 saturated heterocycles. The standard InChI is InChI=1S/C7H12N2O3/c1-7(2)3-4-9(8-12)5(7)6(10)11/h5H,3-4H2,1-2H3,(H,10,11). The molecule has 1 fully saturated rings. The Morgan fingerprint density at radius 3 is 2.58 bits per heavy atom. The van der Waals surface area contributed by atoms with E-state index < -0.39 is 12.0 Å². The number of hydrogen-bond donors (Lipinski definition) is 1. The van der Waals surface area contributed by atoms with Crippen LogP contribution in [-0.4, -0.2) is 28.7 Å². The highest BCUT2D eigenvalue weighted by Gasteiger charge is 2.45. The van der Waals surface area contributed by atoms with Crippen LogP contribution in [0.1, 0.15) is 20.3 Å². The summed E-state index contributed by atoms with van der Waals surface area (Å²) in [4.78, 5) is 21.0. The molecule has 1 rings (SSSR count). The maximum absolute atomic E-state index is 10.7.